The summed E-state index contributed by atoms with van der Waals surface area (Å²) in [4.78, 5) is 4.23. The van der Waals surface area contributed by atoms with Crippen molar-refractivity contribution in [1.29, 1.82) is 0 Å². The summed E-state index contributed by atoms with van der Waals surface area (Å²) >= 11 is 1.89. The third kappa shape index (κ3) is 4.38. The Kier molecular flexibility index (Phi) is 5.67. The maximum Gasteiger partial charge on any atom is 0.0333 e. The predicted octanol–water partition coefficient (Wildman–Crippen LogP) is 3.49. The summed E-state index contributed by atoms with van der Waals surface area (Å²) in [5.41, 5.74) is 0. The van der Waals surface area contributed by atoms with Crippen LogP contribution in [-0.4, -0.2) is 30.1 Å². The van der Waals surface area contributed by atoms with Crippen LogP contribution in [0.1, 0.15) is 44.4 Å². The molecule has 1 aliphatic carbocycles. The molecule has 1 N–H and O–H groups in total. The number of hydrogen-bond acceptors (Lipinski definition) is 3. The third-order valence-corrected chi connectivity index (χ3v) is 4.59. The molecule has 1 aromatic rings. The average molecular weight is 266 g/mol. The van der Waals surface area contributed by atoms with Crippen molar-refractivity contribution in [2.24, 2.45) is 0 Å². The first kappa shape index (κ1) is 14.0. The van der Waals surface area contributed by atoms with Crippen LogP contribution in [0, 0.1) is 0 Å². The second-order valence-corrected chi connectivity index (χ2v) is 6.36. The highest BCUT2D eigenvalue weighted by Crippen LogP contribution is 2.31. The van der Waals surface area contributed by atoms with Gasteiger partial charge >= 0.3 is 0 Å². The Labute approximate surface area is 115 Å². The SMILES string of the molecule is CCNCCCC(C)N(Cc1cccs1)C1CC1. The Morgan fingerprint density at radius 1 is 1.50 bits per heavy atom. The highest BCUT2D eigenvalue weighted by atomic mass is 32.1. The number of hydrogen-bond donors (Lipinski definition) is 1. The maximum atomic E-state index is 3.42. The molecule has 0 amide bonds. The molecule has 1 aromatic heterocycles. The fourth-order valence-corrected chi connectivity index (χ4v) is 3.21. The van der Waals surface area contributed by atoms with E-state index in [4.69, 9.17) is 0 Å². The molecule has 1 atom stereocenters. The summed E-state index contributed by atoms with van der Waals surface area (Å²) in [6, 6.07) is 6.02. The van der Waals surface area contributed by atoms with Gasteiger partial charge in [-0.3, -0.25) is 4.90 Å². The van der Waals surface area contributed by atoms with Crippen molar-refractivity contribution < 1.29 is 0 Å². The lowest BCUT2D eigenvalue weighted by Crippen LogP contribution is -2.34. The lowest BCUT2D eigenvalue weighted by Gasteiger charge is -2.28. The molecule has 0 bridgehead atoms. The van der Waals surface area contributed by atoms with Crippen LogP contribution >= 0.6 is 11.3 Å². The van der Waals surface area contributed by atoms with E-state index in [1.165, 1.54) is 37.1 Å². The van der Waals surface area contributed by atoms with E-state index < -0.39 is 0 Å². The number of rotatable bonds is 9. The maximum absolute atomic E-state index is 3.42. The first-order valence-electron chi connectivity index (χ1n) is 7.30. The molecule has 3 heteroatoms. The van der Waals surface area contributed by atoms with Crippen LogP contribution in [0.5, 0.6) is 0 Å². The normalized spacial score (nSPS) is 17.3. The molecular weight excluding hydrogens is 240 g/mol. The average Bonchev–Trinajstić information content (AvgIpc) is 3.08. The molecule has 1 unspecified atom stereocenters. The molecule has 1 heterocycles. The van der Waals surface area contributed by atoms with Crippen molar-refractivity contribution in [1.82, 2.24) is 10.2 Å². The smallest absolute Gasteiger partial charge is 0.0333 e. The highest BCUT2D eigenvalue weighted by molar-refractivity contribution is 7.09. The minimum absolute atomic E-state index is 0.721. The molecule has 2 nitrogen and oxygen atoms in total. The number of nitrogens with zero attached hydrogens (tertiary/aromatic N) is 1. The number of thiophene rings is 1. The zero-order valence-corrected chi connectivity index (χ0v) is 12.5. The van der Waals surface area contributed by atoms with Crippen LogP contribution < -0.4 is 5.32 Å². The van der Waals surface area contributed by atoms with Gasteiger partial charge < -0.3 is 5.32 Å². The van der Waals surface area contributed by atoms with Crippen molar-refractivity contribution in [3.63, 3.8) is 0 Å². The van der Waals surface area contributed by atoms with Gasteiger partial charge in [-0.1, -0.05) is 13.0 Å². The van der Waals surface area contributed by atoms with E-state index in [9.17, 15) is 0 Å². The lowest BCUT2D eigenvalue weighted by molar-refractivity contribution is 0.180. The Morgan fingerprint density at radius 3 is 2.94 bits per heavy atom. The molecule has 102 valence electrons. The minimum Gasteiger partial charge on any atom is -0.317 e. The van der Waals surface area contributed by atoms with E-state index in [-0.39, 0.29) is 0 Å². The molecule has 1 saturated carbocycles. The molecule has 1 fully saturated rings. The van der Waals surface area contributed by atoms with E-state index in [1.54, 1.807) is 0 Å². The zero-order chi connectivity index (χ0) is 12.8. The molecule has 0 aliphatic heterocycles. The summed E-state index contributed by atoms with van der Waals surface area (Å²) in [6.07, 6.45) is 5.42. The monoisotopic (exact) mass is 266 g/mol. The fourth-order valence-electron chi connectivity index (χ4n) is 2.50. The van der Waals surface area contributed by atoms with Crippen LogP contribution in [0.15, 0.2) is 17.5 Å². The molecule has 0 aromatic carbocycles. The van der Waals surface area contributed by atoms with Crippen LogP contribution in [0.25, 0.3) is 0 Å². The van der Waals surface area contributed by atoms with Gasteiger partial charge in [-0.2, -0.15) is 0 Å². The summed E-state index contributed by atoms with van der Waals surface area (Å²) < 4.78 is 0. The first-order valence-corrected chi connectivity index (χ1v) is 8.18. The molecule has 0 saturated heterocycles. The molecule has 1 aliphatic rings. The highest BCUT2D eigenvalue weighted by Gasteiger charge is 2.31. The van der Waals surface area contributed by atoms with Gasteiger partial charge in [0.05, 0.1) is 0 Å². The molecule has 2 rings (SSSR count). The second-order valence-electron chi connectivity index (χ2n) is 5.33. The van der Waals surface area contributed by atoms with E-state index in [1.807, 2.05) is 11.3 Å². The van der Waals surface area contributed by atoms with E-state index in [0.717, 1.165) is 25.2 Å². The van der Waals surface area contributed by atoms with Crippen LogP contribution in [0.3, 0.4) is 0 Å². The topological polar surface area (TPSA) is 15.3 Å². The predicted molar refractivity (Wildman–Crippen MR) is 80.1 cm³/mol. The zero-order valence-electron chi connectivity index (χ0n) is 11.7. The van der Waals surface area contributed by atoms with Crippen molar-refractivity contribution in [2.45, 2.75) is 58.2 Å². The Balaban J connectivity index is 1.77. The van der Waals surface area contributed by atoms with E-state index in [2.05, 4.69) is 41.6 Å². The Hall–Kier alpha value is -0.380. The Bertz CT molecular complexity index is 319. The first-order chi connectivity index (χ1) is 8.81. The van der Waals surface area contributed by atoms with Crippen LogP contribution in [0.4, 0.5) is 0 Å². The van der Waals surface area contributed by atoms with Gasteiger partial charge in [-0.05, 0) is 57.1 Å². The van der Waals surface area contributed by atoms with Crippen molar-refractivity contribution in [3.8, 4) is 0 Å². The van der Waals surface area contributed by atoms with Gasteiger partial charge in [0.1, 0.15) is 0 Å². The van der Waals surface area contributed by atoms with Crippen molar-refractivity contribution >= 4 is 11.3 Å². The molecular formula is C15H26N2S. The largest absolute Gasteiger partial charge is 0.317 e. The van der Waals surface area contributed by atoms with E-state index >= 15 is 0 Å². The van der Waals surface area contributed by atoms with Gasteiger partial charge in [-0.15, -0.1) is 11.3 Å². The van der Waals surface area contributed by atoms with E-state index in [0.29, 0.717) is 0 Å². The van der Waals surface area contributed by atoms with Crippen LogP contribution in [0.2, 0.25) is 0 Å². The van der Waals surface area contributed by atoms with Gasteiger partial charge in [0, 0.05) is 23.5 Å². The summed E-state index contributed by atoms with van der Waals surface area (Å²) in [7, 11) is 0. The van der Waals surface area contributed by atoms with Crippen LogP contribution in [-0.2, 0) is 6.54 Å². The van der Waals surface area contributed by atoms with Gasteiger partial charge in [0.2, 0.25) is 0 Å². The van der Waals surface area contributed by atoms with Crippen molar-refractivity contribution in [2.75, 3.05) is 13.1 Å². The number of nitrogens with one attached hydrogen (secondary N) is 1. The van der Waals surface area contributed by atoms with Crippen molar-refractivity contribution in [3.05, 3.63) is 22.4 Å². The summed E-state index contributed by atoms with van der Waals surface area (Å²) in [5, 5.41) is 5.61. The second kappa shape index (κ2) is 7.27. The molecule has 18 heavy (non-hydrogen) atoms. The standard InChI is InChI=1S/C15H26N2S/c1-3-16-10-4-6-13(2)17(14-8-9-14)12-15-7-5-11-18-15/h5,7,11,13-14,16H,3-4,6,8-10,12H2,1-2H3. The van der Waals surface area contributed by atoms with Gasteiger partial charge in [-0.25, -0.2) is 0 Å². The van der Waals surface area contributed by atoms with Gasteiger partial charge in [0.25, 0.3) is 0 Å². The Morgan fingerprint density at radius 2 is 2.33 bits per heavy atom. The quantitative estimate of drug-likeness (QED) is 0.688. The molecule has 0 spiro atoms. The fraction of sp³-hybridized carbons (Fsp3) is 0.733. The summed E-state index contributed by atoms with van der Waals surface area (Å²) in [6.45, 7) is 7.99. The summed E-state index contributed by atoms with van der Waals surface area (Å²) in [5.74, 6) is 0. The lowest BCUT2D eigenvalue weighted by atomic mass is 10.1. The minimum atomic E-state index is 0.721. The van der Waals surface area contributed by atoms with Gasteiger partial charge in [0.15, 0.2) is 0 Å². The molecule has 0 radical (unpaired) electrons. The third-order valence-electron chi connectivity index (χ3n) is 3.73.